The standard InChI is InChI=1S/C11H16N2O4/c1-2-3-12-7-10(14)13-4-5-17-8-9(13)6-11(15)16/h1,9,12H,3-8H2,(H,15,16). The molecule has 94 valence electrons. The Balaban J connectivity index is 2.49. The minimum absolute atomic E-state index is 0.0964. The van der Waals surface area contributed by atoms with E-state index in [4.69, 9.17) is 16.3 Å². The monoisotopic (exact) mass is 240 g/mol. The summed E-state index contributed by atoms with van der Waals surface area (Å²) in [5, 5.41) is 11.5. The second-order valence-electron chi connectivity index (χ2n) is 3.72. The van der Waals surface area contributed by atoms with E-state index in [1.165, 1.54) is 0 Å². The number of carbonyl (C=O) groups is 2. The zero-order valence-corrected chi connectivity index (χ0v) is 9.52. The van der Waals surface area contributed by atoms with Crippen LogP contribution in [0.2, 0.25) is 0 Å². The highest BCUT2D eigenvalue weighted by Gasteiger charge is 2.28. The molecular weight excluding hydrogens is 224 g/mol. The molecule has 0 spiro atoms. The lowest BCUT2D eigenvalue weighted by Crippen LogP contribution is -2.52. The highest BCUT2D eigenvalue weighted by molar-refractivity contribution is 5.79. The Morgan fingerprint density at radius 3 is 3.00 bits per heavy atom. The maximum atomic E-state index is 11.8. The van der Waals surface area contributed by atoms with Gasteiger partial charge in [0.05, 0.1) is 38.8 Å². The molecule has 0 aromatic heterocycles. The second kappa shape index (κ2) is 6.89. The highest BCUT2D eigenvalue weighted by atomic mass is 16.5. The summed E-state index contributed by atoms with van der Waals surface area (Å²) in [5.74, 6) is 1.29. The minimum atomic E-state index is -0.935. The first-order valence-electron chi connectivity index (χ1n) is 5.38. The van der Waals surface area contributed by atoms with Crippen LogP contribution in [0.25, 0.3) is 0 Å². The van der Waals surface area contributed by atoms with Gasteiger partial charge in [0.2, 0.25) is 5.91 Å². The van der Waals surface area contributed by atoms with E-state index in [0.717, 1.165) is 0 Å². The lowest BCUT2D eigenvalue weighted by atomic mass is 10.1. The van der Waals surface area contributed by atoms with E-state index in [-0.39, 0.29) is 31.5 Å². The summed E-state index contributed by atoms with van der Waals surface area (Å²) < 4.78 is 5.18. The fourth-order valence-electron chi connectivity index (χ4n) is 1.70. The molecule has 0 aromatic carbocycles. The van der Waals surface area contributed by atoms with Crippen molar-refractivity contribution in [1.29, 1.82) is 0 Å². The fourth-order valence-corrected chi connectivity index (χ4v) is 1.70. The van der Waals surface area contributed by atoms with Crippen molar-refractivity contribution >= 4 is 11.9 Å². The molecule has 1 amide bonds. The van der Waals surface area contributed by atoms with Crippen LogP contribution in [0.5, 0.6) is 0 Å². The maximum absolute atomic E-state index is 11.8. The predicted octanol–water partition coefficient (Wildman–Crippen LogP) is -1.09. The molecular formula is C11H16N2O4. The van der Waals surface area contributed by atoms with Gasteiger partial charge < -0.3 is 14.7 Å². The Labute approximate surface area is 99.9 Å². The van der Waals surface area contributed by atoms with Crippen LogP contribution in [0.15, 0.2) is 0 Å². The van der Waals surface area contributed by atoms with Crippen LogP contribution in [-0.4, -0.2) is 60.8 Å². The van der Waals surface area contributed by atoms with Crippen molar-refractivity contribution in [3.05, 3.63) is 0 Å². The van der Waals surface area contributed by atoms with Gasteiger partial charge >= 0.3 is 5.97 Å². The zero-order valence-electron chi connectivity index (χ0n) is 9.52. The van der Waals surface area contributed by atoms with Crippen LogP contribution >= 0.6 is 0 Å². The molecule has 17 heavy (non-hydrogen) atoms. The van der Waals surface area contributed by atoms with Crippen molar-refractivity contribution in [3.63, 3.8) is 0 Å². The Morgan fingerprint density at radius 2 is 2.35 bits per heavy atom. The molecule has 1 heterocycles. The molecule has 1 unspecified atom stereocenters. The van der Waals surface area contributed by atoms with Gasteiger partial charge in [-0.2, -0.15) is 0 Å². The van der Waals surface area contributed by atoms with Gasteiger partial charge in [-0.05, 0) is 0 Å². The van der Waals surface area contributed by atoms with Gasteiger partial charge in [0.15, 0.2) is 0 Å². The number of hydrogen-bond acceptors (Lipinski definition) is 4. The Kier molecular flexibility index (Phi) is 5.46. The Bertz CT molecular complexity index is 324. The van der Waals surface area contributed by atoms with Crippen molar-refractivity contribution in [2.45, 2.75) is 12.5 Å². The third kappa shape index (κ3) is 4.43. The summed E-state index contributed by atoms with van der Waals surface area (Å²) in [6.45, 7) is 1.58. The SMILES string of the molecule is C#CCNCC(=O)N1CCOCC1CC(=O)O. The summed E-state index contributed by atoms with van der Waals surface area (Å²) in [4.78, 5) is 24.0. The lowest BCUT2D eigenvalue weighted by Gasteiger charge is -2.34. The van der Waals surface area contributed by atoms with E-state index in [2.05, 4.69) is 11.2 Å². The van der Waals surface area contributed by atoms with Crippen molar-refractivity contribution in [1.82, 2.24) is 10.2 Å². The van der Waals surface area contributed by atoms with Crippen LogP contribution in [-0.2, 0) is 14.3 Å². The van der Waals surface area contributed by atoms with Gasteiger partial charge in [-0.1, -0.05) is 5.92 Å². The molecule has 1 saturated heterocycles. The predicted molar refractivity (Wildman–Crippen MR) is 60.3 cm³/mol. The van der Waals surface area contributed by atoms with Crippen molar-refractivity contribution < 1.29 is 19.4 Å². The number of carbonyl (C=O) groups excluding carboxylic acids is 1. The first kappa shape index (κ1) is 13.5. The zero-order chi connectivity index (χ0) is 12.7. The van der Waals surface area contributed by atoms with E-state index >= 15 is 0 Å². The number of nitrogens with one attached hydrogen (secondary N) is 1. The number of ether oxygens (including phenoxy) is 1. The van der Waals surface area contributed by atoms with E-state index in [1.54, 1.807) is 4.90 Å². The lowest BCUT2D eigenvalue weighted by molar-refractivity contribution is -0.145. The summed E-state index contributed by atoms with van der Waals surface area (Å²) in [7, 11) is 0. The number of amides is 1. The van der Waals surface area contributed by atoms with E-state index in [0.29, 0.717) is 19.7 Å². The number of carboxylic acid groups (broad SMARTS) is 1. The van der Waals surface area contributed by atoms with Gasteiger partial charge in [0.1, 0.15) is 0 Å². The normalized spacial score (nSPS) is 19.7. The topological polar surface area (TPSA) is 78.9 Å². The van der Waals surface area contributed by atoms with Crippen molar-refractivity contribution in [2.24, 2.45) is 0 Å². The van der Waals surface area contributed by atoms with Crippen molar-refractivity contribution in [3.8, 4) is 12.3 Å². The minimum Gasteiger partial charge on any atom is -0.481 e. The average molecular weight is 240 g/mol. The number of carboxylic acids is 1. The molecule has 2 N–H and O–H groups in total. The number of nitrogens with zero attached hydrogens (tertiary/aromatic N) is 1. The first-order chi connectivity index (χ1) is 8.15. The molecule has 1 rings (SSSR count). The maximum Gasteiger partial charge on any atom is 0.305 e. The van der Waals surface area contributed by atoms with Crippen LogP contribution < -0.4 is 5.32 Å². The molecule has 6 heteroatoms. The number of morpholine rings is 1. The first-order valence-corrected chi connectivity index (χ1v) is 5.38. The summed E-state index contributed by atoms with van der Waals surface area (Å²) in [5.41, 5.74) is 0. The second-order valence-corrected chi connectivity index (χ2v) is 3.72. The largest absolute Gasteiger partial charge is 0.481 e. The van der Waals surface area contributed by atoms with Crippen molar-refractivity contribution in [2.75, 3.05) is 32.8 Å². The van der Waals surface area contributed by atoms with Crippen LogP contribution in [0.3, 0.4) is 0 Å². The fraction of sp³-hybridized carbons (Fsp3) is 0.636. The highest BCUT2D eigenvalue weighted by Crippen LogP contribution is 2.10. The quantitative estimate of drug-likeness (QED) is 0.471. The van der Waals surface area contributed by atoms with Crippen LogP contribution in [0.1, 0.15) is 6.42 Å². The van der Waals surface area contributed by atoms with E-state index < -0.39 is 5.97 Å². The molecule has 0 saturated carbocycles. The summed E-state index contributed by atoms with van der Waals surface area (Å²) >= 11 is 0. The van der Waals surface area contributed by atoms with Gasteiger partial charge in [-0.15, -0.1) is 6.42 Å². The molecule has 1 fully saturated rings. The van der Waals surface area contributed by atoms with Gasteiger partial charge in [0.25, 0.3) is 0 Å². The Morgan fingerprint density at radius 1 is 1.59 bits per heavy atom. The van der Waals surface area contributed by atoms with Gasteiger partial charge in [-0.3, -0.25) is 14.9 Å². The smallest absolute Gasteiger partial charge is 0.305 e. The van der Waals surface area contributed by atoms with Gasteiger partial charge in [0, 0.05) is 6.54 Å². The molecule has 0 aromatic rings. The Hall–Kier alpha value is -1.58. The number of rotatable bonds is 5. The molecule has 0 bridgehead atoms. The average Bonchev–Trinajstić information content (AvgIpc) is 2.29. The molecule has 0 aliphatic carbocycles. The molecule has 1 aliphatic rings. The van der Waals surface area contributed by atoms with Crippen LogP contribution in [0.4, 0.5) is 0 Å². The number of hydrogen-bond donors (Lipinski definition) is 2. The van der Waals surface area contributed by atoms with E-state index in [9.17, 15) is 9.59 Å². The summed E-state index contributed by atoms with van der Waals surface area (Å²) in [6, 6.07) is -0.388. The third-order valence-corrected chi connectivity index (χ3v) is 2.46. The molecule has 0 radical (unpaired) electrons. The molecule has 1 aliphatic heterocycles. The van der Waals surface area contributed by atoms with Gasteiger partial charge in [-0.25, -0.2) is 0 Å². The number of aliphatic carboxylic acids is 1. The molecule has 1 atom stereocenters. The molecule has 6 nitrogen and oxygen atoms in total. The summed E-state index contributed by atoms with van der Waals surface area (Å²) in [6.07, 6.45) is 4.95. The van der Waals surface area contributed by atoms with Crippen LogP contribution in [0, 0.1) is 12.3 Å². The third-order valence-electron chi connectivity index (χ3n) is 2.46. The number of terminal acetylenes is 1. The van der Waals surface area contributed by atoms with E-state index in [1.807, 2.05) is 0 Å².